The Kier molecular flexibility index (Phi) is 5.44. The van der Waals surface area contributed by atoms with E-state index in [-0.39, 0.29) is 11.4 Å². The van der Waals surface area contributed by atoms with Gasteiger partial charge in [-0.05, 0) is 67.6 Å². The van der Waals surface area contributed by atoms with Crippen molar-refractivity contribution >= 4 is 63.0 Å². The predicted molar refractivity (Wildman–Crippen MR) is 134 cm³/mol. The number of pyridine rings is 1. The van der Waals surface area contributed by atoms with E-state index in [4.69, 9.17) is 28.6 Å². The second-order valence-electron chi connectivity index (χ2n) is 7.40. The fourth-order valence-electron chi connectivity index (χ4n) is 3.72. The summed E-state index contributed by atoms with van der Waals surface area (Å²) in [6, 6.07) is 11.1. The molecule has 3 aromatic rings. The van der Waals surface area contributed by atoms with Gasteiger partial charge in [0, 0.05) is 29.3 Å². The largest absolute Gasteiger partial charge is 0.316 e. The number of halogens is 2. The average Bonchev–Trinajstić information content (AvgIpc) is 3.34. The minimum absolute atomic E-state index is 0.0259. The van der Waals surface area contributed by atoms with E-state index in [2.05, 4.69) is 15.1 Å². The molecule has 0 unspecified atom stereocenters. The molecule has 2 aliphatic rings. The van der Waals surface area contributed by atoms with E-state index in [1.807, 2.05) is 42.7 Å². The number of aryl methyl sites for hydroxylation is 1. The number of nitrogens with one attached hydrogen (secondary N) is 1. The van der Waals surface area contributed by atoms with Crippen molar-refractivity contribution in [2.45, 2.75) is 13.8 Å². The van der Waals surface area contributed by atoms with Gasteiger partial charge in [0.2, 0.25) is 5.17 Å². The number of amidine groups is 2. The fourth-order valence-corrected chi connectivity index (χ4v) is 4.98. The zero-order valence-electron chi connectivity index (χ0n) is 17.5. The molecule has 7 nitrogen and oxygen atoms in total. The molecular formula is C23H16Cl2N6OS. The molecule has 1 amide bonds. The number of rotatable bonds is 3. The molecule has 1 N–H and O–H groups in total. The Balaban J connectivity index is 1.54. The number of amides is 1. The van der Waals surface area contributed by atoms with Crippen molar-refractivity contribution in [1.82, 2.24) is 14.6 Å². The van der Waals surface area contributed by atoms with Gasteiger partial charge in [0.05, 0.1) is 21.3 Å². The smallest absolute Gasteiger partial charge is 0.283 e. The summed E-state index contributed by atoms with van der Waals surface area (Å²) in [4.78, 5) is 21.1. The number of aromatic nitrogens is 2. The van der Waals surface area contributed by atoms with Crippen LogP contribution in [0, 0.1) is 19.3 Å². The first-order valence-corrected chi connectivity index (χ1v) is 11.5. The highest BCUT2D eigenvalue weighted by molar-refractivity contribution is 8.27. The van der Waals surface area contributed by atoms with Gasteiger partial charge in [-0.25, -0.2) is 0 Å². The second-order valence-corrected chi connectivity index (χ2v) is 9.14. The molecular weight excluding hydrogens is 479 g/mol. The molecule has 0 radical (unpaired) electrons. The van der Waals surface area contributed by atoms with Crippen LogP contribution in [0.4, 0.5) is 0 Å². The van der Waals surface area contributed by atoms with Crippen molar-refractivity contribution in [1.29, 1.82) is 5.41 Å². The normalized spacial score (nSPS) is 16.8. The zero-order valence-corrected chi connectivity index (χ0v) is 19.8. The van der Waals surface area contributed by atoms with Crippen LogP contribution in [0.15, 0.2) is 64.5 Å². The third kappa shape index (κ3) is 3.70. The van der Waals surface area contributed by atoms with Crippen molar-refractivity contribution in [2.75, 3.05) is 0 Å². The van der Waals surface area contributed by atoms with Gasteiger partial charge >= 0.3 is 0 Å². The number of benzene rings is 1. The maximum Gasteiger partial charge on any atom is 0.283 e. The van der Waals surface area contributed by atoms with Crippen molar-refractivity contribution < 1.29 is 4.79 Å². The topological polar surface area (TPSA) is 86.7 Å². The summed E-state index contributed by atoms with van der Waals surface area (Å²) < 4.78 is 1.97. The molecule has 0 bridgehead atoms. The minimum Gasteiger partial charge on any atom is -0.316 e. The lowest BCUT2D eigenvalue weighted by Gasteiger charge is -2.20. The van der Waals surface area contributed by atoms with Gasteiger partial charge in [0.1, 0.15) is 5.04 Å². The first-order chi connectivity index (χ1) is 15.8. The van der Waals surface area contributed by atoms with Crippen LogP contribution in [0.1, 0.15) is 22.5 Å². The van der Waals surface area contributed by atoms with E-state index in [9.17, 15) is 4.79 Å². The lowest BCUT2D eigenvalue weighted by Crippen LogP contribution is -2.35. The molecule has 2 aliphatic heterocycles. The molecule has 0 saturated heterocycles. The van der Waals surface area contributed by atoms with E-state index in [1.165, 1.54) is 16.8 Å². The number of thioether (sulfide) groups is 1. The Bertz CT molecular complexity index is 1420. The molecule has 0 aliphatic carbocycles. The van der Waals surface area contributed by atoms with Crippen LogP contribution < -0.4 is 0 Å². The Morgan fingerprint density at radius 2 is 1.97 bits per heavy atom. The Morgan fingerprint density at radius 3 is 2.73 bits per heavy atom. The summed E-state index contributed by atoms with van der Waals surface area (Å²) >= 11 is 13.9. The summed E-state index contributed by atoms with van der Waals surface area (Å²) in [7, 11) is 0. The molecule has 10 heteroatoms. The third-order valence-electron chi connectivity index (χ3n) is 5.31. The highest BCUT2D eigenvalue weighted by Gasteiger charge is 2.36. The van der Waals surface area contributed by atoms with E-state index < -0.39 is 5.91 Å². The van der Waals surface area contributed by atoms with Crippen LogP contribution in [-0.2, 0) is 4.79 Å². The molecule has 0 fully saturated rings. The number of carbonyl (C=O) groups is 1. The summed E-state index contributed by atoms with van der Waals surface area (Å²) in [6.45, 7) is 3.87. The van der Waals surface area contributed by atoms with Crippen molar-refractivity contribution in [3.63, 3.8) is 0 Å². The standard InChI is InChI=1S/C23H16Cl2N6OS/c1-12-9-15(13(2)30(12)18-7-3-6-17(24)19(18)25)10-16-20(26)31-23(28-21(16)32)33-22(29-31)14-5-4-8-27-11-14/h3-11,26H,1-2H3. The summed E-state index contributed by atoms with van der Waals surface area (Å²) in [6.07, 6.45) is 5.03. The number of hydrogen-bond donors (Lipinski definition) is 1. The second kappa shape index (κ2) is 8.30. The molecule has 164 valence electrons. The van der Waals surface area contributed by atoms with Crippen LogP contribution in [0.5, 0.6) is 0 Å². The van der Waals surface area contributed by atoms with Gasteiger partial charge in [-0.3, -0.25) is 15.2 Å². The first kappa shape index (κ1) is 21.6. The maximum atomic E-state index is 12.8. The van der Waals surface area contributed by atoms with Gasteiger partial charge in [0.15, 0.2) is 5.84 Å². The van der Waals surface area contributed by atoms with E-state index >= 15 is 0 Å². The molecule has 5 rings (SSSR count). The van der Waals surface area contributed by atoms with E-state index in [0.29, 0.717) is 20.3 Å². The minimum atomic E-state index is -0.480. The molecule has 1 aromatic carbocycles. The molecule has 0 spiro atoms. The SMILES string of the molecule is Cc1cc(C=C2C(=N)N3N=C(c4cccnc4)SC3=NC2=O)c(C)n1-c1cccc(Cl)c1Cl. The van der Waals surface area contributed by atoms with Crippen molar-refractivity contribution in [3.05, 3.63) is 86.9 Å². The number of hydrazone groups is 1. The summed E-state index contributed by atoms with van der Waals surface area (Å²) in [5.74, 6) is -0.506. The number of hydrogen-bond acceptors (Lipinski definition) is 5. The van der Waals surface area contributed by atoms with Crippen LogP contribution in [-0.4, -0.2) is 36.5 Å². The monoisotopic (exact) mass is 494 g/mol. The molecule has 33 heavy (non-hydrogen) atoms. The molecule has 4 heterocycles. The Labute approximate surface area is 203 Å². The first-order valence-electron chi connectivity index (χ1n) is 9.89. The van der Waals surface area contributed by atoms with E-state index in [1.54, 1.807) is 30.6 Å². The quantitative estimate of drug-likeness (QED) is 0.489. The summed E-state index contributed by atoms with van der Waals surface area (Å²) in [5, 5.41) is 16.4. The van der Waals surface area contributed by atoms with Gasteiger partial charge in [-0.15, -0.1) is 0 Å². The van der Waals surface area contributed by atoms with Gasteiger partial charge < -0.3 is 4.57 Å². The highest BCUT2D eigenvalue weighted by atomic mass is 35.5. The zero-order chi connectivity index (χ0) is 23.3. The Morgan fingerprint density at radius 1 is 1.15 bits per heavy atom. The van der Waals surface area contributed by atoms with Crippen LogP contribution in [0.3, 0.4) is 0 Å². The number of nitrogens with zero attached hydrogens (tertiary/aromatic N) is 5. The lowest BCUT2D eigenvalue weighted by atomic mass is 10.1. The van der Waals surface area contributed by atoms with Crippen molar-refractivity contribution in [2.24, 2.45) is 10.1 Å². The average molecular weight is 495 g/mol. The molecule has 0 atom stereocenters. The predicted octanol–water partition coefficient (Wildman–Crippen LogP) is 5.46. The number of aliphatic imine (C=N–C) groups is 1. The number of fused-ring (bicyclic) bond motifs is 1. The van der Waals surface area contributed by atoms with Gasteiger partial charge in [0.25, 0.3) is 5.91 Å². The van der Waals surface area contributed by atoms with Crippen LogP contribution >= 0.6 is 35.0 Å². The number of carbonyl (C=O) groups excluding carboxylic acids is 1. The fraction of sp³-hybridized carbons (Fsp3) is 0.0870. The highest BCUT2D eigenvalue weighted by Crippen LogP contribution is 2.34. The van der Waals surface area contributed by atoms with E-state index in [0.717, 1.165) is 28.2 Å². The van der Waals surface area contributed by atoms with Gasteiger partial charge in [-0.2, -0.15) is 15.1 Å². The van der Waals surface area contributed by atoms with Gasteiger partial charge in [-0.1, -0.05) is 29.3 Å². The molecule has 2 aromatic heterocycles. The van der Waals surface area contributed by atoms with Crippen LogP contribution in [0.25, 0.3) is 11.8 Å². The maximum absolute atomic E-state index is 12.8. The third-order valence-corrected chi connectivity index (χ3v) is 7.07. The Hall–Kier alpha value is -3.20. The van der Waals surface area contributed by atoms with Crippen molar-refractivity contribution in [3.8, 4) is 5.69 Å². The molecule has 0 saturated carbocycles. The lowest BCUT2D eigenvalue weighted by molar-refractivity contribution is -0.114. The summed E-state index contributed by atoms with van der Waals surface area (Å²) in [5.41, 5.74) is 4.25. The van der Waals surface area contributed by atoms with Crippen LogP contribution in [0.2, 0.25) is 10.0 Å².